The molecule has 0 spiro atoms. The van der Waals surface area contributed by atoms with Crippen LogP contribution in [0.15, 0.2) is 48.5 Å². The van der Waals surface area contributed by atoms with Crippen LogP contribution in [0.3, 0.4) is 0 Å². The lowest BCUT2D eigenvalue weighted by Crippen LogP contribution is -1.99. The summed E-state index contributed by atoms with van der Waals surface area (Å²) in [5.41, 5.74) is 3.45. The minimum absolute atomic E-state index is 0.426. The molecule has 2 nitrogen and oxygen atoms in total. The van der Waals surface area contributed by atoms with Gasteiger partial charge in [0.2, 0.25) is 0 Å². The highest BCUT2D eigenvalue weighted by molar-refractivity contribution is 5.31. The molecule has 2 heteroatoms. The van der Waals surface area contributed by atoms with Gasteiger partial charge in [-0.25, -0.2) is 0 Å². The molecule has 0 amide bonds. The zero-order chi connectivity index (χ0) is 14.2. The molecule has 0 unspecified atom stereocenters. The van der Waals surface area contributed by atoms with E-state index < -0.39 is 0 Å². The smallest absolute Gasteiger partial charge is 0.119 e. The number of hydrogen-bond donors (Lipinski definition) is 0. The molecule has 0 heterocycles. The predicted octanol–water partition coefficient (Wildman–Crippen LogP) is 4.28. The molecule has 20 heavy (non-hydrogen) atoms. The minimum atomic E-state index is 0.426. The maximum Gasteiger partial charge on any atom is 0.119 e. The average Bonchev–Trinajstić information content (AvgIpc) is 2.48. The summed E-state index contributed by atoms with van der Waals surface area (Å²) in [6, 6.07) is 18.4. The summed E-state index contributed by atoms with van der Waals surface area (Å²) in [5, 5.41) is 8.82. The molecule has 0 saturated heterocycles. The highest BCUT2D eigenvalue weighted by Gasteiger charge is 2.02. The highest BCUT2D eigenvalue weighted by atomic mass is 16.5. The van der Waals surface area contributed by atoms with Crippen LogP contribution < -0.4 is 4.74 Å². The Hall–Kier alpha value is -2.27. The van der Waals surface area contributed by atoms with Crippen molar-refractivity contribution in [3.8, 4) is 11.8 Å². The van der Waals surface area contributed by atoms with E-state index in [-0.39, 0.29) is 0 Å². The number of rotatable bonds is 6. The first kappa shape index (κ1) is 14.1. The molecule has 0 N–H and O–H groups in total. The number of nitrogens with zero attached hydrogens (tertiary/aromatic N) is 1. The van der Waals surface area contributed by atoms with Crippen LogP contribution in [-0.2, 0) is 19.4 Å². The van der Waals surface area contributed by atoms with Crippen molar-refractivity contribution >= 4 is 0 Å². The molecule has 0 bridgehead atoms. The third-order valence-electron chi connectivity index (χ3n) is 3.24. The van der Waals surface area contributed by atoms with Crippen molar-refractivity contribution in [1.29, 1.82) is 5.26 Å². The van der Waals surface area contributed by atoms with Crippen LogP contribution in [-0.4, -0.2) is 0 Å². The van der Waals surface area contributed by atoms with Crippen LogP contribution in [0, 0.1) is 11.3 Å². The maximum atomic E-state index is 8.82. The maximum absolute atomic E-state index is 8.82. The van der Waals surface area contributed by atoms with Crippen molar-refractivity contribution in [2.24, 2.45) is 0 Å². The van der Waals surface area contributed by atoms with Gasteiger partial charge in [-0.15, -0.1) is 0 Å². The van der Waals surface area contributed by atoms with Gasteiger partial charge in [0.05, 0.1) is 12.5 Å². The first-order valence-electron chi connectivity index (χ1n) is 6.99. The molecule has 0 aliphatic rings. The molecular formula is C18H19NO. The lowest BCUT2D eigenvalue weighted by molar-refractivity contribution is 0.305. The van der Waals surface area contributed by atoms with Crippen LogP contribution >= 0.6 is 0 Å². The van der Waals surface area contributed by atoms with E-state index in [2.05, 4.69) is 25.1 Å². The van der Waals surface area contributed by atoms with Gasteiger partial charge in [-0.1, -0.05) is 49.7 Å². The molecule has 0 fully saturated rings. The van der Waals surface area contributed by atoms with Gasteiger partial charge in [-0.05, 0) is 35.2 Å². The number of benzene rings is 2. The van der Waals surface area contributed by atoms with E-state index in [4.69, 9.17) is 10.00 Å². The molecule has 0 aliphatic heterocycles. The molecule has 102 valence electrons. The largest absolute Gasteiger partial charge is 0.489 e. The molecule has 0 radical (unpaired) electrons. The molecule has 0 saturated carbocycles. The van der Waals surface area contributed by atoms with Gasteiger partial charge in [0.1, 0.15) is 12.4 Å². The summed E-state index contributed by atoms with van der Waals surface area (Å²) in [6.45, 7) is 2.68. The Morgan fingerprint density at radius 2 is 1.70 bits per heavy atom. The summed E-state index contributed by atoms with van der Waals surface area (Å²) in [5.74, 6) is 0.872. The second-order valence-corrected chi connectivity index (χ2v) is 4.79. The fourth-order valence-electron chi connectivity index (χ4n) is 2.16. The Morgan fingerprint density at radius 3 is 2.35 bits per heavy atom. The Morgan fingerprint density at radius 1 is 1.00 bits per heavy atom. The van der Waals surface area contributed by atoms with Crippen molar-refractivity contribution < 1.29 is 4.74 Å². The number of aryl methyl sites for hydroxylation is 1. The number of ether oxygens (including phenoxy) is 1. The van der Waals surface area contributed by atoms with Crippen molar-refractivity contribution in [2.45, 2.75) is 32.8 Å². The molecule has 2 aromatic carbocycles. The fourth-order valence-corrected chi connectivity index (χ4v) is 2.16. The van der Waals surface area contributed by atoms with E-state index in [0.717, 1.165) is 29.7 Å². The Bertz CT molecular complexity index is 581. The lowest BCUT2D eigenvalue weighted by atomic mass is 10.1. The van der Waals surface area contributed by atoms with E-state index in [9.17, 15) is 0 Å². The Balaban J connectivity index is 2.00. The third-order valence-corrected chi connectivity index (χ3v) is 3.24. The second kappa shape index (κ2) is 7.35. The van der Waals surface area contributed by atoms with Crippen molar-refractivity contribution in [2.75, 3.05) is 0 Å². The van der Waals surface area contributed by atoms with Gasteiger partial charge < -0.3 is 4.74 Å². The highest BCUT2D eigenvalue weighted by Crippen LogP contribution is 2.17. The molecule has 2 aromatic rings. The molecule has 2 rings (SSSR count). The first-order valence-corrected chi connectivity index (χ1v) is 6.99. The molecule has 0 aromatic heterocycles. The zero-order valence-corrected chi connectivity index (χ0v) is 11.8. The quantitative estimate of drug-likeness (QED) is 0.780. The summed E-state index contributed by atoms with van der Waals surface area (Å²) in [4.78, 5) is 0. The number of nitriles is 1. The normalized spacial score (nSPS) is 10.0. The summed E-state index contributed by atoms with van der Waals surface area (Å²) >= 11 is 0. The van der Waals surface area contributed by atoms with E-state index in [0.29, 0.717) is 13.0 Å². The van der Waals surface area contributed by atoms with Crippen molar-refractivity contribution in [1.82, 2.24) is 0 Å². The minimum Gasteiger partial charge on any atom is -0.489 e. The van der Waals surface area contributed by atoms with E-state index in [1.54, 1.807) is 0 Å². The summed E-state index contributed by atoms with van der Waals surface area (Å²) < 4.78 is 5.80. The van der Waals surface area contributed by atoms with Gasteiger partial charge in [0.25, 0.3) is 0 Å². The van der Waals surface area contributed by atoms with Crippen LogP contribution in [0.25, 0.3) is 0 Å². The third kappa shape index (κ3) is 3.86. The average molecular weight is 265 g/mol. The topological polar surface area (TPSA) is 33.0 Å². The molecular weight excluding hydrogens is 246 g/mol. The summed E-state index contributed by atoms with van der Waals surface area (Å²) in [7, 11) is 0. The van der Waals surface area contributed by atoms with Crippen molar-refractivity contribution in [3.05, 3.63) is 65.2 Å². The van der Waals surface area contributed by atoms with Crippen LogP contribution in [0.1, 0.15) is 30.0 Å². The first-order chi connectivity index (χ1) is 9.83. The van der Waals surface area contributed by atoms with Gasteiger partial charge in [0, 0.05) is 0 Å². The SMILES string of the molecule is CCCc1ccc(OCc2ccccc2CC#N)cc1. The van der Waals surface area contributed by atoms with Crippen LogP contribution in [0.5, 0.6) is 5.75 Å². The van der Waals surface area contributed by atoms with Gasteiger partial charge in [-0.3, -0.25) is 0 Å². The Labute approximate surface area is 120 Å². The van der Waals surface area contributed by atoms with Gasteiger partial charge in [-0.2, -0.15) is 5.26 Å². The lowest BCUT2D eigenvalue weighted by Gasteiger charge is -2.10. The monoisotopic (exact) mass is 265 g/mol. The Kier molecular flexibility index (Phi) is 5.20. The van der Waals surface area contributed by atoms with E-state index >= 15 is 0 Å². The van der Waals surface area contributed by atoms with Crippen LogP contribution in [0.4, 0.5) is 0 Å². The zero-order valence-electron chi connectivity index (χ0n) is 11.8. The van der Waals surface area contributed by atoms with Crippen molar-refractivity contribution in [3.63, 3.8) is 0 Å². The van der Waals surface area contributed by atoms with Gasteiger partial charge >= 0.3 is 0 Å². The number of hydrogen-bond acceptors (Lipinski definition) is 2. The predicted molar refractivity (Wildman–Crippen MR) is 80.5 cm³/mol. The fraction of sp³-hybridized carbons (Fsp3) is 0.278. The van der Waals surface area contributed by atoms with Gasteiger partial charge in [0.15, 0.2) is 0 Å². The van der Waals surface area contributed by atoms with E-state index in [1.165, 1.54) is 5.56 Å². The standard InChI is InChI=1S/C18H19NO/c1-2-5-15-8-10-18(11-9-15)20-14-17-7-4-3-6-16(17)12-13-19/h3-4,6-11H,2,5,12,14H2,1H3. The second-order valence-electron chi connectivity index (χ2n) is 4.79. The molecule has 0 atom stereocenters. The summed E-state index contributed by atoms with van der Waals surface area (Å²) in [6.07, 6.45) is 2.68. The van der Waals surface area contributed by atoms with E-state index in [1.807, 2.05) is 36.4 Å². The van der Waals surface area contributed by atoms with Crippen LogP contribution in [0.2, 0.25) is 0 Å². The molecule has 0 aliphatic carbocycles.